The van der Waals surface area contributed by atoms with Gasteiger partial charge >= 0.3 is 0 Å². The van der Waals surface area contributed by atoms with Crippen LogP contribution in [0.4, 0.5) is 14.5 Å². The quantitative estimate of drug-likeness (QED) is 0.523. The van der Waals surface area contributed by atoms with Crippen LogP contribution in [0.25, 0.3) is 22.3 Å². The number of anilines is 1. The molecule has 0 amide bonds. The summed E-state index contributed by atoms with van der Waals surface area (Å²) in [5, 5.41) is 3.69. The summed E-state index contributed by atoms with van der Waals surface area (Å²) in [7, 11) is 0.500. The monoisotopic (exact) mass is 419 g/mol. The minimum Gasteiger partial charge on any atom is -0.378 e. The van der Waals surface area contributed by atoms with Crippen molar-refractivity contribution in [2.45, 2.75) is 33.6 Å². The summed E-state index contributed by atoms with van der Waals surface area (Å²) in [5.41, 5.74) is 3.75. The number of fused-ring (bicyclic) bond motifs is 1. The molecule has 0 aliphatic heterocycles. The molecule has 0 unspecified atom stereocenters. The maximum absolute atomic E-state index is 14.7. The average Bonchev–Trinajstić information content (AvgIpc) is 2.69. The molecule has 0 radical (unpaired) electrons. The van der Waals surface area contributed by atoms with Crippen LogP contribution in [0.3, 0.4) is 0 Å². The fourth-order valence-corrected chi connectivity index (χ4v) is 2.82. The molecule has 0 aromatic carbocycles. The molecule has 3 aromatic heterocycles. The van der Waals surface area contributed by atoms with E-state index in [1.807, 2.05) is 20.8 Å². The minimum atomic E-state index is -0.483. The van der Waals surface area contributed by atoms with Gasteiger partial charge in [0, 0.05) is 36.5 Å². The lowest BCUT2D eigenvalue weighted by atomic mass is 10.1. The van der Waals surface area contributed by atoms with Gasteiger partial charge in [0.2, 0.25) is 0 Å². The fraction of sp³-hybridized carbons (Fsp3) is 0.333. The fourth-order valence-electron chi connectivity index (χ4n) is 2.62. The van der Waals surface area contributed by atoms with Gasteiger partial charge in [-0.2, -0.15) is 0 Å². The highest BCUT2D eigenvalue weighted by molar-refractivity contribution is 6.35. The van der Waals surface area contributed by atoms with E-state index < -0.39 is 5.82 Å². The minimum absolute atomic E-state index is 0.165. The Balaban J connectivity index is 0.00000145. The van der Waals surface area contributed by atoms with Crippen LogP contribution in [0.15, 0.2) is 30.6 Å². The second-order valence-corrected chi connectivity index (χ2v) is 7.25. The van der Waals surface area contributed by atoms with Gasteiger partial charge in [-0.3, -0.25) is 4.39 Å². The van der Waals surface area contributed by atoms with Crippen molar-refractivity contribution in [2.24, 2.45) is 0 Å². The molecule has 5 nitrogen and oxygen atoms in total. The first-order valence-electron chi connectivity index (χ1n) is 9.02. The number of aromatic nitrogens is 4. The summed E-state index contributed by atoms with van der Waals surface area (Å²) in [5.74, 6) is 0.407. The summed E-state index contributed by atoms with van der Waals surface area (Å²) in [6, 6.07) is 1.36. The third kappa shape index (κ3) is 5.03. The van der Waals surface area contributed by atoms with Crippen molar-refractivity contribution in [1.82, 2.24) is 19.9 Å². The Labute approximate surface area is 174 Å². The Hall–Kier alpha value is -2.67. The molecule has 3 rings (SSSR count). The van der Waals surface area contributed by atoms with Gasteiger partial charge in [-0.15, -0.1) is 0 Å². The standard InChI is InChI=1S/C20H21ClFN5.CH3F/c1-10(2)7-23-19-16(21)12(5)26-15-6-14(22)17(27-18(15)19)13-8-24-20(11(3)4)25-9-13;1-2/h6,8-9,11H,1,7H2,2-5H3,(H,23,26);1H3. The highest BCUT2D eigenvalue weighted by Crippen LogP contribution is 2.34. The molecule has 3 heterocycles. The molecule has 0 atom stereocenters. The van der Waals surface area contributed by atoms with Crippen LogP contribution in [0.5, 0.6) is 0 Å². The number of hydrogen-bond acceptors (Lipinski definition) is 5. The van der Waals surface area contributed by atoms with Crippen LogP contribution in [-0.4, -0.2) is 33.7 Å². The second-order valence-electron chi connectivity index (χ2n) is 6.87. The van der Waals surface area contributed by atoms with Crippen molar-refractivity contribution in [1.29, 1.82) is 0 Å². The summed E-state index contributed by atoms with van der Waals surface area (Å²) in [4.78, 5) is 17.5. The highest BCUT2D eigenvalue weighted by Gasteiger charge is 2.17. The molecule has 0 bridgehead atoms. The number of rotatable bonds is 5. The van der Waals surface area contributed by atoms with Crippen molar-refractivity contribution < 1.29 is 8.78 Å². The number of alkyl halides is 1. The Kier molecular flexibility index (Phi) is 7.56. The molecule has 29 heavy (non-hydrogen) atoms. The normalized spacial score (nSPS) is 10.7. The zero-order valence-corrected chi connectivity index (χ0v) is 17.9. The first-order chi connectivity index (χ1) is 13.8. The van der Waals surface area contributed by atoms with Gasteiger partial charge in [-0.05, 0) is 13.8 Å². The van der Waals surface area contributed by atoms with Crippen molar-refractivity contribution >= 4 is 28.3 Å². The van der Waals surface area contributed by atoms with Crippen molar-refractivity contribution in [3.05, 3.63) is 53.0 Å². The third-order valence-electron chi connectivity index (χ3n) is 4.05. The topological polar surface area (TPSA) is 63.6 Å². The largest absolute Gasteiger partial charge is 0.378 e. The lowest BCUT2D eigenvalue weighted by Gasteiger charge is -2.14. The van der Waals surface area contributed by atoms with Gasteiger partial charge in [-0.1, -0.05) is 37.6 Å². The molecule has 154 valence electrons. The van der Waals surface area contributed by atoms with Crippen molar-refractivity contribution in [3.63, 3.8) is 0 Å². The van der Waals surface area contributed by atoms with Crippen molar-refractivity contribution in [3.8, 4) is 11.3 Å². The van der Waals surface area contributed by atoms with Crippen LogP contribution in [0.2, 0.25) is 5.02 Å². The van der Waals surface area contributed by atoms with E-state index in [2.05, 4.69) is 31.8 Å². The summed E-state index contributed by atoms with van der Waals surface area (Å²) in [6.45, 7) is 12.1. The molecule has 0 spiro atoms. The molecule has 0 saturated carbocycles. The van der Waals surface area contributed by atoms with E-state index in [0.717, 1.165) is 5.57 Å². The number of nitrogens with one attached hydrogen (secondary N) is 1. The maximum Gasteiger partial charge on any atom is 0.151 e. The zero-order chi connectivity index (χ0) is 21.7. The summed E-state index contributed by atoms with van der Waals surface area (Å²) >= 11 is 6.44. The number of pyridine rings is 2. The molecule has 0 aliphatic carbocycles. The SMILES string of the molecule is C=C(C)CNc1c(Cl)c(C)nc2cc(F)c(-c3cnc(C(C)C)nc3)nc12.CF. The molecule has 1 N–H and O–H groups in total. The predicted molar refractivity (Wildman–Crippen MR) is 115 cm³/mol. The van der Waals surface area contributed by atoms with Crippen LogP contribution >= 0.6 is 11.6 Å². The van der Waals surface area contributed by atoms with E-state index in [1.165, 1.54) is 6.07 Å². The molecule has 0 saturated heterocycles. The van der Waals surface area contributed by atoms with Gasteiger partial charge in [0.1, 0.15) is 17.0 Å². The third-order valence-corrected chi connectivity index (χ3v) is 4.51. The lowest BCUT2D eigenvalue weighted by Crippen LogP contribution is -2.06. The van der Waals surface area contributed by atoms with E-state index in [9.17, 15) is 8.78 Å². The van der Waals surface area contributed by atoms with E-state index >= 15 is 0 Å². The first-order valence-corrected chi connectivity index (χ1v) is 9.40. The zero-order valence-electron chi connectivity index (χ0n) is 17.1. The lowest BCUT2D eigenvalue weighted by molar-refractivity contribution is 0.627. The molecular formula is C21H24ClF2N5. The average molecular weight is 420 g/mol. The van der Waals surface area contributed by atoms with E-state index in [0.29, 0.717) is 52.5 Å². The summed E-state index contributed by atoms with van der Waals surface area (Å²) in [6.07, 6.45) is 3.17. The number of halogens is 3. The smallest absolute Gasteiger partial charge is 0.151 e. The first kappa shape index (κ1) is 22.6. The van der Waals surface area contributed by atoms with Crippen LogP contribution < -0.4 is 5.32 Å². The van der Waals surface area contributed by atoms with Gasteiger partial charge in [0.15, 0.2) is 5.82 Å². The summed E-state index contributed by atoms with van der Waals surface area (Å²) < 4.78 is 24.2. The van der Waals surface area contributed by atoms with Crippen molar-refractivity contribution in [2.75, 3.05) is 19.0 Å². The Bertz CT molecular complexity index is 1020. The van der Waals surface area contributed by atoms with E-state index in [1.54, 1.807) is 19.3 Å². The Morgan fingerprint density at radius 2 is 1.83 bits per heavy atom. The highest BCUT2D eigenvalue weighted by atomic mass is 35.5. The van der Waals surface area contributed by atoms with Gasteiger partial charge < -0.3 is 5.32 Å². The van der Waals surface area contributed by atoms with E-state index in [-0.39, 0.29) is 11.6 Å². The number of aryl methyl sites for hydroxylation is 1. The van der Waals surface area contributed by atoms with E-state index in [4.69, 9.17) is 11.6 Å². The van der Waals surface area contributed by atoms with Crippen LogP contribution in [0.1, 0.15) is 38.2 Å². The molecule has 0 fully saturated rings. The Morgan fingerprint density at radius 3 is 2.38 bits per heavy atom. The predicted octanol–water partition coefficient (Wildman–Crippen LogP) is 5.88. The van der Waals surface area contributed by atoms with Gasteiger partial charge in [-0.25, -0.2) is 24.3 Å². The van der Waals surface area contributed by atoms with Crippen LogP contribution in [-0.2, 0) is 0 Å². The van der Waals surface area contributed by atoms with Gasteiger partial charge in [0.05, 0.1) is 29.1 Å². The Morgan fingerprint density at radius 1 is 1.21 bits per heavy atom. The van der Waals surface area contributed by atoms with Gasteiger partial charge in [0.25, 0.3) is 0 Å². The molecular weight excluding hydrogens is 396 g/mol. The maximum atomic E-state index is 14.7. The molecule has 3 aromatic rings. The number of nitrogens with zero attached hydrogens (tertiary/aromatic N) is 4. The molecule has 8 heteroatoms. The molecule has 0 aliphatic rings. The number of hydrogen-bond donors (Lipinski definition) is 1. The van der Waals surface area contributed by atoms with Crippen LogP contribution in [0, 0.1) is 12.7 Å². The second kappa shape index (κ2) is 9.69.